The Kier molecular flexibility index (Phi) is 41.0. The van der Waals surface area contributed by atoms with E-state index in [2.05, 4.69) is 31.3 Å². The van der Waals surface area contributed by atoms with Gasteiger partial charge in [0.25, 0.3) is 10.1 Å². The van der Waals surface area contributed by atoms with Gasteiger partial charge in [-0.05, 0) is 32.1 Å². The molecule has 0 aliphatic heterocycles. The van der Waals surface area contributed by atoms with Gasteiger partial charge in [-0.15, -0.1) is 0 Å². The lowest BCUT2D eigenvalue weighted by Gasteiger charge is -2.22. The van der Waals surface area contributed by atoms with Crippen molar-refractivity contribution in [3.8, 4) is 0 Å². The highest BCUT2D eigenvalue weighted by Gasteiger charge is 2.27. The van der Waals surface area contributed by atoms with Crippen LogP contribution in [0.3, 0.4) is 0 Å². The summed E-state index contributed by atoms with van der Waals surface area (Å²) in [6, 6.07) is -1.25. The maximum Gasteiger partial charge on any atom is 0.267 e. The highest BCUT2D eigenvalue weighted by molar-refractivity contribution is 7.85. The van der Waals surface area contributed by atoms with Gasteiger partial charge in [0.15, 0.2) is 0 Å². The Morgan fingerprint density at radius 3 is 1.18 bits per heavy atom. The minimum atomic E-state index is -4.45. The summed E-state index contributed by atoms with van der Waals surface area (Å²) in [7, 11) is -4.45. The van der Waals surface area contributed by atoms with Crippen LogP contribution in [-0.4, -0.2) is 53.1 Å². The predicted molar refractivity (Wildman–Crippen MR) is 241 cm³/mol. The Morgan fingerprint density at radius 1 is 0.482 bits per heavy atom. The molecule has 0 saturated carbocycles. The molecule has 332 valence electrons. The zero-order valence-electron chi connectivity index (χ0n) is 36.9. The molecular formula is C48H93NO6S. The van der Waals surface area contributed by atoms with E-state index in [0.717, 1.165) is 32.1 Å². The molecule has 0 aliphatic rings. The summed E-state index contributed by atoms with van der Waals surface area (Å²) in [6.45, 7) is 4.54. The number of carbonyl (C=O) groups is 1. The van der Waals surface area contributed by atoms with E-state index in [0.29, 0.717) is 12.8 Å². The van der Waals surface area contributed by atoms with Crippen LogP contribution in [-0.2, 0) is 14.9 Å². The molecule has 0 saturated heterocycles. The molecule has 3 atom stereocenters. The van der Waals surface area contributed by atoms with Gasteiger partial charge in [-0.2, -0.15) is 8.42 Å². The van der Waals surface area contributed by atoms with Crippen LogP contribution in [0.15, 0.2) is 24.3 Å². The number of rotatable bonds is 44. The first-order chi connectivity index (χ1) is 27.2. The first kappa shape index (κ1) is 54.8. The van der Waals surface area contributed by atoms with Gasteiger partial charge in [0.2, 0.25) is 5.91 Å². The molecule has 1 amide bonds. The Balaban J connectivity index is 3.92. The molecule has 0 aromatic carbocycles. The van der Waals surface area contributed by atoms with Gasteiger partial charge in [0.1, 0.15) is 6.10 Å². The van der Waals surface area contributed by atoms with E-state index in [1.54, 1.807) is 6.08 Å². The molecule has 0 heterocycles. The first-order valence-corrected chi connectivity index (χ1v) is 25.8. The average molecular weight is 812 g/mol. The molecular weight excluding hydrogens is 719 g/mol. The molecule has 0 aliphatic carbocycles. The van der Waals surface area contributed by atoms with Gasteiger partial charge in [-0.25, -0.2) is 0 Å². The largest absolute Gasteiger partial charge is 0.387 e. The van der Waals surface area contributed by atoms with Gasteiger partial charge in [-0.3, -0.25) is 9.35 Å². The normalized spacial score (nSPS) is 13.9. The van der Waals surface area contributed by atoms with Crippen molar-refractivity contribution in [1.82, 2.24) is 5.32 Å². The number of carbonyl (C=O) groups excluding carboxylic acids is 1. The van der Waals surface area contributed by atoms with Gasteiger partial charge in [0.05, 0.1) is 17.9 Å². The van der Waals surface area contributed by atoms with Crippen LogP contribution in [0.5, 0.6) is 0 Å². The minimum Gasteiger partial charge on any atom is -0.387 e. The summed E-state index contributed by atoms with van der Waals surface area (Å²) in [5, 5.41) is 23.5. The Morgan fingerprint density at radius 2 is 0.804 bits per heavy atom. The number of hydrogen-bond donors (Lipinski definition) is 4. The van der Waals surface area contributed by atoms with Gasteiger partial charge in [0, 0.05) is 0 Å². The Hall–Kier alpha value is -1.22. The summed E-state index contributed by atoms with van der Waals surface area (Å²) in [6.07, 6.45) is 51.0. The van der Waals surface area contributed by atoms with E-state index in [-0.39, 0.29) is 6.42 Å². The van der Waals surface area contributed by atoms with Gasteiger partial charge in [-0.1, -0.05) is 244 Å². The third-order valence-electron chi connectivity index (χ3n) is 11.2. The molecule has 3 unspecified atom stereocenters. The summed E-state index contributed by atoms with van der Waals surface area (Å²) in [5.74, 6) is -1.55. The predicted octanol–water partition coefficient (Wildman–Crippen LogP) is 13.7. The fraction of sp³-hybridized carbons (Fsp3) is 0.896. The third-order valence-corrected chi connectivity index (χ3v) is 12.0. The standard InChI is InChI=1S/C48H93NO6S/c1-3-5-7-9-11-13-15-17-19-21-22-23-24-25-27-29-31-33-35-37-39-41-43-47(51)48(52)49-45(44-56(53,54)55)46(50)42-40-38-36-34-32-30-28-26-20-18-16-14-12-10-8-6-4-2/h32,34,40,42,45-47,50-51H,3-31,33,35-39,41,43-44H2,1-2H3,(H,49,52)(H,53,54,55)/b34-32+,42-40+. The van der Waals surface area contributed by atoms with Crippen LogP contribution in [0.1, 0.15) is 251 Å². The third kappa shape index (κ3) is 41.0. The molecule has 56 heavy (non-hydrogen) atoms. The molecule has 8 heteroatoms. The van der Waals surface area contributed by atoms with E-state index in [4.69, 9.17) is 0 Å². The second kappa shape index (κ2) is 41.9. The molecule has 0 rings (SSSR count). The molecule has 4 N–H and O–H groups in total. The molecule has 0 aromatic heterocycles. The molecule has 0 bridgehead atoms. The number of aliphatic hydroxyl groups excluding tert-OH is 2. The van der Waals surface area contributed by atoms with Crippen molar-refractivity contribution in [1.29, 1.82) is 0 Å². The van der Waals surface area contributed by atoms with Crippen LogP contribution >= 0.6 is 0 Å². The van der Waals surface area contributed by atoms with Crippen molar-refractivity contribution in [2.45, 2.75) is 270 Å². The number of nitrogens with one attached hydrogen (secondary N) is 1. The fourth-order valence-corrected chi connectivity index (χ4v) is 8.27. The molecule has 0 aromatic rings. The van der Waals surface area contributed by atoms with E-state index in [9.17, 15) is 28.0 Å². The number of allylic oxidation sites excluding steroid dienone is 3. The van der Waals surface area contributed by atoms with Crippen LogP contribution in [0.2, 0.25) is 0 Å². The minimum absolute atomic E-state index is 0.279. The van der Waals surface area contributed by atoms with Gasteiger partial charge < -0.3 is 15.5 Å². The molecule has 0 spiro atoms. The van der Waals surface area contributed by atoms with E-state index < -0.39 is 40.0 Å². The van der Waals surface area contributed by atoms with Crippen molar-refractivity contribution < 1.29 is 28.0 Å². The molecule has 7 nitrogen and oxygen atoms in total. The fourth-order valence-electron chi connectivity index (χ4n) is 7.53. The summed E-state index contributed by atoms with van der Waals surface area (Å²) >= 11 is 0. The Labute approximate surface area is 347 Å². The SMILES string of the molecule is CCCCCCCCCCCCC/C=C/CC/C=C/C(O)C(CS(=O)(=O)O)NC(=O)C(O)CCCCCCCCCCCCCCCCCCCCCCCC. The zero-order valence-corrected chi connectivity index (χ0v) is 37.7. The average Bonchev–Trinajstić information content (AvgIpc) is 3.17. The highest BCUT2D eigenvalue weighted by atomic mass is 32.2. The topological polar surface area (TPSA) is 124 Å². The van der Waals surface area contributed by atoms with Crippen LogP contribution in [0.25, 0.3) is 0 Å². The van der Waals surface area contributed by atoms with Crippen molar-refractivity contribution in [2.24, 2.45) is 0 Å². The highest BCUT2D eigenvalue weighted by Crippen LogP contribution is 2.17. The smallest absolute Gasteiger partial charge is 0.267 e. The van der Waals surface area contributed by atoms with Crippen LogP contribution < -0.4 is 5.32 Å². The van der Waals surface area contributed by atoms with Crippen LogP contribution in [0.4, 0.5) is 0 Å². The molecule has 0 radical (unpaired) electrons. The van der Waals surface area contributed by atoms with E-state index in [1.807, 2.05) is 0 Å². The zero-order chi connectivity index (χ0) is 41.2. The maximum atomic E-state index is 12.6. The first-order valence-electron chi connectivity index (χ1n) is 24.1. The second-order valence-electron chi connectivity index (χ2n) is 16.9. The van der Waals surface area contributed by atoms with Crippen molar-refractivity contribution in [2.75, 3.05) is 5.75 Å². The number of hydrogen-bond acceptors (Lipinski definition) is 5. The lowest BCUT2D eigenvalue weighted by Crippen LogP contribution is -2.50. The van der Waals surface area contributed by atoms with Crippen molar-refractivity contribution in [3.63, 3.8) is 0 Å². The lowest BCUT2D eigenvalue weighted by atomic mass is 10.0. The number of amides is 1. The van der Waals surface area contributed by atoms with Crippen LogP contribution in [0, 0.1) is 0 Å². The number of unbranched alkanes of at least 4 members (excludes halogenated alkanes) is 33. The monoisotopic (exact) mass is 812 g/mol. The van der Waals surface area contributed by atoms with E-state index in [1.165, 1.54) is 192 Å². The summed E-state index contributed by atoms with van der Waals surface area (Å²) in [5.41, 5.74) is 0. The Bertz CT molecular complexity index is 1000. The summed E-state index contributed by atoms with van der Waals surface area (Å²) in [4.78, 5) is 12.6. The second-order valence-corrected chi connectivity index (χ2v) is 18.4. The van der Waals surface area contributed by atoms with E-state index >= 15 is 0 Å². The van der Waals surface area contributed by atoms with Gasteiger partial charge >= 0.3 is 0 Å². The lowest BCUT2D eigenvalue weighted by molar-refractivity contribution is -0.130. The van der Waals surface area contributed by atoms with Crippen molar-refractivity contribution in [3.05, 3.63) is 24.3 Å². The van der Waals surface area contributed by atoms with Crippen molar-refractivity contribution >= 4 is 16.0 Å². The number of aliphatic hydroxyl groups is 2. The molecule has 0 fully saturated rings. The summed E-state index contributed by atoms with van der Waals surface area (Å²) < 4.78 is 32.6. The maximum absolute atomic E-state index is 12.6. The quantitative estimate of drug-likeness (QED) is 0.0276.